The Balaban J connectivity index is 1.63. The molecule has 3 nitrogen and oxygen atoms in total. The van der Waals surface area contributed by atoms with Crippen molar-refractivity contribution in [2.75, 3.05) is 0 Å². The summed E-state index contributed by atoms with van der Waals surface area (Å²) in [5.41, 5.74) is -0.365. The summed E-state index contributed by atoms with van der Waals surface area (Å²) in [5, 5.41) is 6.39. The molecule has 124 valence electrons. The van der Waals surface area contributed by atoms with Crippen LogP contribution in [-0.4, -0.2) is 11.4 Å². The van der Waals surface area contributed by atoms with E-state index in [-0.39, 0.29) is 11.4 Å². The number of nitrogens with one attached hydrogen (secondary N) is 2. The van der Waals surface area contributed by atoms with E-state index in [0.717, 1.165) is 18.8 Å². The van der Waals surface area contributed by atoms with Crippen LogP contribution in [0.5, 0.6) is 0 Å². The van der Waals surface area contributed by atoms with Crippen molar-refractivity contribution >= 4 is 5.91 Å². The van der Waals surface area contributed by atoms with Crippen molar-refractivity contribution < 1.29 is 4.79 Å². The summed E-state index contributed by atoms with van der Waals surface area (Å²) in [6, 6.07) is 0. The van der Waals surface area contributed by atoms with Crippen LogP contribution in [0.25, 0.3) is 0 Å². The topological polar surface area (TPSA) is 41.1 Å². The van der Waals surface area contributed by atoms with Crippen LogP contribution in [0.2, 0.25) is 0 Å². The van der Waals surface area contributed by atoms with Crippen molar-refractivity contribution in [3.05, 3.63) is 12.4 Å². The van der Waals surface area contributed by atoms with Crippen LogP contribution in [0.15, 0.2) is 12.4 Å². The molecule has 0 unspecified atom stereocenters. The zero-order valence-corrected chi connectivity index (χ0v) is 14.0. The van der Waals surface area contributed by atoms with E-state index < -0.39 is 0 Å². The van der Waals surface area contributed by atoms with Gasteiger partial charge in [0.25, 0.3) is 5.91 Å². The van der Waals surface area contributed by atoms with Crippen molar-refractivity contribution in [3.8, 4) is 0 Å². The van der Waals surface area contributed by atoms with Crippen LogP contribution in [0, 0.1) is 11.8 Å². The van der Waals surface area contributed by atoms with Crippen LogP contribution >= 0.6 is 0 Å². The maximum absolute atomic E-state index is 12.6. The molecule has 2 N–H and O–H groups in total. The van der Waals surface area contributed by atoms with Crippen molar-refractivity contribution in [2.45, 2.75) is 89.0 Å². The minimum Gasteiger partial charge on any atom is -0.358 e. The van der Waals surface area contributed by atoms with Gasteiger partial charge < -0.3 is 10.6 Å². The molecular weight excluding hydrogens is 272 g/mol. The Hall–Kier alpha value is -0.990. The fourth-order valence-electron chi connectivity index (χ4n) is 4.87. The Morgan fingerprint density at radius 1 is 0.955 bits per heavy atom. The molecular formula is C19H32N2O. The van der Waals surface area contributed by atoms with Gasteiger partial charge in [0.05, 0.1) is 5.82 Å². The molecule has 0 radical (unpaired) electrons. The molecule has 0 spiro atoms. The average Bonchev–Trinajstić information content (AvgIpc) is 2.81. The van der Waals surface area contributed by atoms with Crippen molar-refractivity contribution in [2.24, 2.45) is 11.8 Å². The Kier molecular flexibility index (Phi) is 5.10. The molecule has 0 aromatic rings. The molecule has 1 heterocycles. The lowest BCUT2D eigenvalue weighted by Crippen LogP contribution is -2.48. The van der Waals surface area contributed by atoms with Gasteiger partial charge in [-0.25, -0.2) is 0 Å². The first-order valence-corrected chi connectivity index (χ1v) is 9.46. The van der Waals surface area contributed by atoms with E-state index in [0.29, 0.717) is 11.7 Å². The molecule has 0 aromatic carbocycles. The highest BCUT2D eigenvalue weighted by molar-refractivity contribution is 5.90. The lowest BCUT2D eigenvalue weighted by Gasteiger charge is -2.34. The zero-order chi connectivity index (χ0) is 15.4. The molecule has 2 saturated carbocycles. The highest BCUT2D eigenvalue weighted by Crippen LogP contribution is 2.37. The number of hydrogen-bond acceptors (Lipinski definition) is 2. The van der Waals surface area contributed by atoms with Crippen molar-refractivity contribution in [1.29, 1.82) is 0 Å². The minimum atomic E-state index is -0.365. The maximum atomic E-state index is 12.6. The number of amides is 1. The first-order valence-electron chi connectivity index (χ1n) is 9.46. The van der Waals surface area contributed by atoms with Gasteiger partial charge in [-0.15, -0.1) is 0 Å². The van der Waals surface area contributed by atoms with Crippen molar-refractivity contribution in [3.63, 3.8) is 0 Å². The summed E-state index contributed by atoms with van der Waals surface area (Å²) in [6.45, 7) is 3.94. The van der Waals surface area contributed by atoms with E-state index in [4.69, 9.17) is 0 Å². The first kappa shape index (κ1) is 15.9. The van der Waals surface area contributed by atoms with Gasteiger partial charge in [0.15, 0.2) is 0 Å². The number of hydrogen-bond donors (Lipinski definition) is 2. The summed E-state index contributed by atoms with van der Waals surface area (Å²) >= 11 is 0. The third kappa shape index (κ3) is 3.67. The van der Waals surface area contributed by atoms with Gasteiger partial charge in [-0.1, -0.05) is 70.8 Å². The van der Waals surface area contributed by atoms with Gasteiger partial charge in [0, 0.05) is 0 Å². The Morgan fingerprint density at radius 2 is 1.55 bits per heavy atom. The Morgan fingerprint density at radius 3 is 2.09 bits per heavy atom. The van der Waals surface area contributed by atoms with Crippen LogP contribution in [0.1, 0.15) is 83.5 Å². The predicted molar refractivity (Wildman–Crippen MR) is 90.2 cm³/mol. The smallest absolute Gasteiger partial charge is 0.251 e. The fourth-order valence-corrected chi connectivity index (χ4v) is 4.87. The highest BCUT2D eigenvalue weighted by atomic mass is 16.2. The quantitative estimate of drug-likeness (QED) is 0.797. The summed E-state index contributed by atoms with van der Waals surface area (Å²) in [4.78, 5) is 12.6. The van der Waals surface area contributed by atoms with Crippen LogP contribution in [-0.2, 0) is 4.79 Å². The largest absolute Gasteiger partial charge is 0.358 e. The van der Waals surface area contributed by atoms with E-state index >= 15 is 0 Å². The monoisotopic (exact) mass is 304 g/mol. The molecule has 22 heavy (non-hydrogen) atoms. The molecule has 3 aliphatic rings. The minimum absolute atomic E-state index is 0.180. The number of rotatable bonds is 5. The summed E-state index contributed by atoms with van der Waals surface area (Å²) in [7, 11) is 0. The second-order valence-corrected chi connectivity index (χ2v) is 7.89. The van der Waals surface area contributed by atoms with Gasteiger partial charge in [-0.05, 0) is 31.1 Å². The van der Waals surface area contributed by atoms with Crippen molar-refractivity contribution in [1.82, 2.24) is 10.6 Å². The third-order valence-corrected chi connectivity index (χ3v) is 6.16. The SMILES string of the molecule is C=C1NC(=O)[C@@](CCC2CCCCC2)(CC2CCCCC2)N1. The molecule has 0 aromatic heterocycles. The third-order valence-electron chi connectivity index (χ3n) is 6.16. The van der Waals surface area contributed by atoms with Gasteiger partial charge in [0.1, 0.15) is 5.54 Å². The predicted octanol–water partition coefficient (Wildman–Crippen LogP) is 4.25. The van der Waals surface area contributed by atoms with Gasteiger partial charge >= 0.3 is 0 Å². The van der Waals surface area contributed by atoms with Crippen LogP contribution in [0.3, 0.4) is 0 Å². The molecule has 1 saturated heterocycles. The van der Waals surface area contributed by atoms with Crippen LogP contribution < -0.4 is 10.6 Å². The molecule has 2 aliphatic carbocycles. The molecule has 1 amide bonds. The van der Waals surface area contributed by atoms with E-state index in [2.05, 4.69) is 17.2 Å². The second kappa shape index (κ2) is 7.06. The van der Waals surface area contributed by atoms with E-state index in [1.807, 2.05) is 0 Å². The highest BCUT2D eigenvalue weighted by Gasteiger charge is 2.45. The number of carbonyl (C=O) groups excluding carboxylic acids is 1. The first-order chi connectivity index (χ1) is 10.7. The normalized spacial score (nSPS) is 31.1. The molecule has 3 rings (SSSR count). The Labute approximate surface area is 135 Å². The standard InChI is InChI=1S/C19H32N2O/c1-15-20-18(22)19(21-15,14-17-10-6-3-7-11-17)13-12-16-8-4-2-5-9-16/h16-17,21H,1-14H2,(H,20,22)/t19-/m1/s1. The lowest BCUT2D eigenvalue weighted by atomic mass is 9.75. The molecule has 1 atom stereocenters. The molecule has 0 bridgehead atoms. The van der Waals surface area contributed by atoms with E-state index in [1.54, 1.807) is 0 Å². The summed E-state index contributed by atoms with van der Waals surface area (Å²) in [6.07, 6.45) is 16.7. The van der Waals surface area contributed by atoms with Gasteiger partial charge in [0.2, 0.25) is 0 Å². The zero-order valence-electron chi connectivity index (χ0n) is 14.0. The number of carbonyl (C=O) groups is 1. The summed E-state index contributed by atoms with van der Waals surface area (Å²) in [5.74, 6) is 2.44. The second-order valence-electron chi connectivity index (χ2n) is 7.89. The Bertz CT molecular complexity index is 408. The fraction of sp³-hybridized carbons (Fsp3) is 0.842. The van der Waals surface area contributed by atoms with Crippen LogP contribution in [0.4, 0.5) is 0 Å². The molecule has 3 heteroatoms. The average molecular weight is 304 g/mol. The molecule has 3 fully saturated rings. The van der Waals surface area contributed by atoms with E-state index in [9.17, 15) is 4.79 Å². The van der Waals surface area contributed by atoms with E-state index in [1.165, 1.54) is 70.6 Å². The lowest BCUT2D eigenvalue weighted by molar-refractivity contribution is -0.125. The van der Waals surface area contributed by atoms with Gasteiger partial charge in [-0.3, -0.25) is 4.79 Å². The maximum Gasteiger partial charge on any atom is 0.251 e. The molecule has 1 aliphatic heterocycles. The summed E-state index contributed by atoms with van der Waals surface area (Å²) < 4.78 is 0. The van der Waals surface area contributed by atoms with Gasteiger partial charge in [-0.2, -0.15) is 0 Å².